The Kier molecular flexibility index (Phi) is 6.86. The van der Waals surface area contributed by atoms with Crippen LogP contribution >= 0.6 is 11.8 Å². The van der Waals surface area contributed by atoms with Gasteiger partial charge in [0.05, 0.1) is 19.4 Å². The third-order valence-corrected chi connectivity index (χ3v) is 5.22. The van der Waals surface area contributed by atoms with Crippen molar-refractivity contribution in [2.24, 2.45) is 0 Å². The van der Waals surface area contributed by atoms with Crippen LogP contribution in [0.15, 0.2) is 35.5 Å². The molecule has 1 aromatic carbocycles. The number of imide groups is 1. The second-order valence-corrected chi connectivity index (χ2v) is 7.53. The van der Waals surface area contributed by atoms with E-state index < -0.39 is 24.1 Å². The SMILES string of the molecule is COC(=O)NC(=O)[C@@H](C)OC(=O)CSc1nnc(C2CC2)n1Cc1ccccc1. The van der Waals surface area contributed by atoms with E-state index in [1.165, 1.54) is 18.7 Å². The Morgan fingerprint density at radius 1 is 1.24 bits per heavy atom. The number of methoxy groups -OCH3 is 1. The average molecular weight is 418 g/mol. The minimum Gasteiger partial charge on any atom is -0.453 e. The molecule has 10 heteroatoms. The number of carbonyl (C=O) groups excluding carboxylic acids is 3. The number of thioether (sulfide) groups is 1. The molecule has 0 saturated heterocycles. The summed E-state index contributed by atoms with van der Waals surface area (Å²) in [5.74, 6) is -0.0405. The number of hydrogen-bond donors (Lipinski definition) is 1. The number of esters is 1. The highest BCUT2D eigenvalue weighted by atomic mass is 32.2. The van der Waals surface area contributed by atoms with Crippen molar-refractivity contribution < 1.29 is 23.9 Å². The number of nitrogens with one attached hydrogen (secondary N) is 1. The first-order valence-electron chi connectivity index (χ1n) is 9.16. The monoisotopic (exact) mass is 418 g/mol. The topological polar surface area (TPSA) is 112 Å². The van der Waals surface area contributed by atoms with E-state index in [1.807, 2.05) is 40.2 Å². The highest BCUT2D eigenvalue weighted by Crippen LogP contribution is 2.40. The fourth-order valence-corrected chi connectivity index (χ4v) is 3.35. The Labute approximate surface area is 172 Å². The van der Waals surface area contributed by atoms with Crippen LogP contribution in [0.4, 0.5) is 4.79 Å². The molecule has 29 heavy (non-hydrogen) atoms. The highest BCUT2D eigenvalue weighted by Gasteiger charge is 2.30. The summed E-state index contributed by atoms with van der Waals surface area (Å²) in [6, 6.07) is 9.96. The van der Waals surface area contributed by atoms with Crippen molar-refractivity contribution in [1.82, 2.24) is 20.1 Å². The van der Waals surface area contributed by atoms with Gasteiger partial charge in [0.25, 0.3) is 5.91 Å². The number of nitrogens with zero attached hydrogens (tertiary/aromatic N) is 3. The lowest BCUT2D eigenvalue weighted by Gasteiger charge is -2.13. The molecular weight excluding hydrogens is 396 g/mol. The zero-order chi connectivity index (χ0) is 20.8. The predicted octanol–water partition coefficient (Wildman–Crippen LogP) is 2.11. The molecule has 0 aliphatic heterocycles. The molecule has 1 saturated carbocycles. The summed E-state index contributed by atoms with van der Waals surface area (Å²) in [4.78, 5) is 34.9. The van der Waals surface area contributed by atoms with Crippen LogP contribution in [-0.4, -0.2) is 51.7 Å². The van der Waals surface area contributed by atoms with Crippen LogP contribution in [0.25, 0.3) is 0 Å². The first-order chi connectivity index (χ1) is 14.0. The van der Waals surface area contributed by atoms with E-state index in [-0.39, 0.29) is 5.75 Å². The second-order valence-electron chi connectivity index (χ2n) is 6.59. The van der Waals surface area contributed by atoms with E-state index in [0.29, 0.717) is 17.6 Å². The Morgan fingerprint density at radius 3 is 2.62 bits per heavy atom. The molecule has 1 aliphatic rings. The van der Waals surface area contributed by atoms with E-state index in [9.17, 15) is 14.4 Å². The third kappa shape index (κ3) is 5.80. The van der Waals surface area contributed by atoms with E-state index >= 15 is 0 Å². The zero-order valence-electron chi connectivity index (χ0n) is 16.2. The summed E-state index contributed by atoms with van der Waals surface area (Å²) in [6.45, 7) is 2.00. The quantitative estimate of drug-likeness (QED) is 0.512. The van der Waals surface area contributed by atoms with Crippen LogP contribution in [-0.2, 0) is 25.6 Å². The molecule has 1 aliphatic carbocycles. The van der Waals surface area contributed by atoms with E-state index in [2.05, 4.69) is 14.9 Å². The predicted molar refractivity (Wildman–Crippen MR) is 104 cm³/mol. The van der Waals surface area contributed by atoms with Gasteiger partial charge in [0, 0.05) is 5.92 Å². The lowest BCUT2D eigenvalue weighted by Crippen LogP contribution is -2.39. The summed E-state index contributed by atoms with van der Waals surface area (Å²) in [5, 5.41) is 11.1. The summed E-state index contributed by atoms with van der Waals surface area (Å²) in [7, 11) is 1.14. The minimum absolute atomic E-state index is 0.0343. The van der Waals surface area contributed by atoms with Crippen LogP contribution in [0.1, 0.15) is 37.1 Å². The van der Waals surface area contributed by atoms with Gasteiger partial charge in [0.15, 0.2) is 11.3 Å². The summed E-state index contributed by atoms with van der Waals surface area (Å²) in [5.41, 5.74) is 1.12. The standard InChI is InChI=1S/C19H22N4O5S/c1-12(17(25)20-19(26)27-2)28-15(24)11-29-18-22-21-16(14-8-9-14)23(18)10-13-6-4-3-5-7-13/h3-7,12,14H,8-11H2,1-2H3,(H,20,25,26)/t12-/m1/s1. The third-order valence-electron chi connectivity index (χ3n) is 4.28. The maximum atomic E-state index is 12.1. The Hall–Kier alpha value is -2.88. The maximum absolute atomic E-state index is 12.1. The fourth-order valence-electron chi connectivity index (χ4n) is 2.63. The van der Waals surface area contributed by atoms with Gasteiger partial charge in [-0.25, -0.2) is 4.79 Å². The van der Waals surface area contributed by atoms with Crippen LogP contribution < -0.4 is 5.32 Å². The van der Waals surface area contributed by atoms with Crippen molar-refractivity contribution in [2.75, 3.05) is 12.9 Å². The first kappa shape index (κ1) is 20.8. The molecule has 1 atom stereocenters. The van der Waals surface area contributed by atoms with Crippen molar-refractivity contribution in [3.8, 4) is 0 Å². The van der Waals surface area contributed by atoms with Gasteiger partial charge in [-0.15, -0.1) is 10.2 Å². The fraction of sp³-hybridized carbons (Fsp3) is 0.421. The molecule has 1 heterocycles. The highest BCUT2D eigenvalue weighted by molar-refractivity contribution is 7.99. The van der Waals surface area contributed by atoms with Gasteiger partial charge in [-0.3, -0.25) is 14.9 Å². The number of alkyl carbamates (subject to hydrolysis) is 1. The van der Waals surface area contributed by atoms with Crippen LogP contribution in [0.3, 0.4) is 0 Å². The van der Waals surface area contributed by atoms with Crippen LogP contribution in [0.5, 0.6) is 0 Å². The van der Waals surface area contributed by atoms with E-state index in [4.69, 9.17) is 4.74 Å². The lowest BCUT2D eigenvalue weighted by atomic mass is 10.2. The maximum Gasteiger partial charge on any atom is 0.413 e. The molecule has 0 bridgehead atoms. The Morgan fingerprint density at radius 2 is 1.97 bits per heavy atom. The number of benzene rings is 1. The van der Waals surface area contributed by atoms with Gasteiger partial charge >= 0.3 is 12.1 Å². The van der Waals surface area contributed by atoms with Crippen molar-refractivity contribution in [2.45, 2.75) is 43.5 Å². The van der Waals surface area contributed by atoms with Gasteiger partial charge in [-0.2, -0.15) is 0 Å². The molecule has 1 N–H and O–H groups in total. The normalized spacial score (nSPS) is 14.1. The summed E-state index contributed by atoms with van der Waals surface area (Å²) in [6.07, 6.45) is 0.152. The summed E-state index contributed by atoms with van der Waals surface area (Å²) >= 11 is 1.20. The Bertz CT molecular complexity index is 882. The molecule has 9 nitrogen and oxygen atoms in total. The molecule has 2 amide bonds. The summed E-state index contributed by atoms with van der Waals surface area (Å²) < 4.78 is 11.4. The molecule has 0 spiro atoms. The number of carbonyl (C=O) groups is 3. The van der Waals surface area contributed by atoms with Crippen molar-refractivity contribution in [3.63, 3.8) is 0 Å². The average Bonchev–Trinajstić information content (AvgIpc) is 3.48. The molecule has 154 valence electrons. The Balaban J connectivity index is 1.59. The largest absolute Gasteiger partial charge is 0.453 e. The molecule has 0 radical (unpaired) electrons. The number of rotatable bonds is 8. The molecular formula is C19H22N4O5S. The number of aromatic nitrogens is 3. The van der Waals surface area contributed by atoms with Crippen molar-refractivity contribution >= 4 is 29.7 Å². The molecule has 2 aromatic rings. The number of ether oxygens (including phenoxy) is 2. The van der Waals surface area contributed by atoms with Crippen LogP contribution in [0, 0.1) is 0 Å². The minimum atomic E-state index is -1.12. The van der Waals surface area contributed by atoms with Crippen molar-refractivity contribution in [1.29, 1.82) is 0 Å². The van der Waals surface area contributed by atoms with E-state index in [0.717, 1.165) is 31.3 Å². The van der Waals surface area contributed by atoms with Gasteiger partial charge in [-0.05, 0) is 25.3 Å². The zero-order valence-corrected chi connectivity index (χ0v) is 17.0. The van der Waals surface area contributed by atoms with Gasteiger partial charge in [0.2, 0.25) is 0 Å². The van der Waals surface area contributed by atoms with Gasteiger partial charge < -0.3 is 14.0 Å². The number of amides is 2. The molecule has 1 fully saturated rings. The van der Waals surface area contributed by atoms with Gasteiger partial charge in [-0.1, -0.05) is 42.1 Å². The lowest BCUT2D eigenvalue weighted by molar-refractivity contribution is -0.152. The number of hydrogen-bond acceptors (Lipinski definition) is 8. The van der Waals surface area contributed by atoms with Crippen molar-refractivity contribution in [3.05, 3.63) is 41.7 Å². The van der Waals surface area contributed by atoms with Gasteiger partial charge in [0.1, 0.15) is 5.82 Å². The van der Waals surface area contributed by atoms with Crippen LogP contribution in [0.2, 0.25) is 0 Å². The molecule has 3 rings (SSSR count). The molecule has 1 aromatic heterocycles. The smallest absolute Gasteiger partial charge is 0.413 e. The van der Waals surface area contributed by atoms with E-state index in [1.54, 1.807) is 0 Å². The second kappa shape index (κ2) is 9.55. The molecule has 0 unspecified atom stereocenters. The first-order valence-corrected chi connectivity index (χ1v) is 10.1.